The van der Waals surface area contributed by atoms with E-state index in [4.69, 9.17) is 28.9 Å². The summed E-state index contributed by atoms with van der Waals surface area (Å²) in [5, 5.41) is 0.944. The van der Waals surface area contributed by atoms with Crippen molar-refractivity contribution in [2.24, 2.45) is 0 Å². The lowest BCUT2D eigenvalue weighted by molar-refractivity contribution is 0.623. The number of halogens is 3. The highest BCUT2D eigenvalue weighted by Gasteiger charge is 2.10. The van der Waals surface area contributed by atoms with Gasteiger partial charge in [-0.25, -0.2) is 4.39 Å². The molecule has 0 spiro atoms. The molecule has 0 radical (unpaired) electrons. The van der Waals surface area contributed by atoms with E-state index in [2.05, 4.69) is 0 Å². The normalized spacial score (nSPS) is 12.4. The van der Waals surface area contributed by atoms with E-state index >= 15 is 0 Å². The van der Waals surface area contributed by atoms with Gasteiger partial charge in [-0.3, -0.25) is 4.21 Å². The molecule has 2 N–H and O–H groups in total. The summed E-state index contributed by atoms with van der Waals surface area (Å²) in [6.07, 6.45) is 0. The van der Waals surface area contributed by atoms with E-state index in [0.29, 0.717) is 20.5 Å². The molecule has 2 rings (SSSR count). The van der Waals surface area contributed by atoms with Gasteiger partial charge in [-0.15, -0.1) is 0 Å². The van der Waals surface area contributed by atoms with Crippen LogP contribution in [0.3, 0.4) is 0 Å². The zero-order valence-corrected chi connectivity index (χ0v) is 12.0. The van der Waals surface area contributed by atoms with Crippen LogP contribution in [0.5, 0.6) is 0 Å². The number of nitrogens with two attached hydrogens (primary N) is 1. The molecule has 0 heterocycles. The molecule has 0 aliphatic carbocycles. The number of nitrogen functional groups attached to an aromatic ring is 1. The molecule has 2 aromatic carbocycles. The van der Waals surface area contributed by atoms with Crippen molar-refractivity contribution in [1.29, 1.82) is 0 Å². The number of benzene rings is 2. The molecular weight excluding hydrogens is 308 g/mol. The Kier molecular flexibility index (Phi) is 4.45. The molecule has 2 aromatic rings. The van der Waals surface area contributed by atoms with Gasteiger partial charge < -0.3 is 5.73 Å². The summed E-state index contributed by atoms with van der Waals surface area (Å²) in [6.45, 7) is 0. The average Bonchev–Trinajstić information content (AvgIpc) is 2.31. The molecule has 0 aromatic heterocycles. The maximum absolute atomic E-state index is 13.2. The van der Waals surface area contributed by atoms with Gasteiger partial charge in [0.15, 0.2) is 0 Å². The van der Waals surface area contributed by atoms with E-state index < -0.39 is 16.6 Å². The standard InChI is InChI=1S/C13H10Cl2FNOS/c14-9-2-1-8(13(15)3-9)7-19(18)12-5-10(16)4-11(17)6-12/h1-6H,7,17H2. The fourth-order valence-corrected chi connectivity index (χ4v) is 3.35. The lowest BCUT2D eigenvalue weighted by Gasteiger charge is -2.06. The van der Waals surface area contributed by atoms with Crippen LogP contribution in [0, 0.1) is 5.82 Å². The lowest BCUT2D eigenvalue weighted by Crippen LogP contribution is -1.99. The average molecular weight is 318 g/mol. The van der Waals surface area contributed by atoms with Crippen LogP contribution in [0.1, 0.15) is 5.56 Å². The van der Waals surface area contributed by atoms with Crippen LogP contribution in [-0.2, 0) is 16.6 Å². The van der Waals surface area contributed by atoms with Gasteiger partial charge in [0, 0.05) is 20.6 Å². The SMILES string of the molecule is Nc1cc(F)cc(S(=O)Cc2ccc(Cl)cc2Cl)c1. The summed E-state index contributed by atoms with van der Waals surface area (Å²) in [5.41, 5.74) is 6.45. The molecule has 1 unspecified atom stereocenters. The van der Waals surface area contributed by atoms with Crippen LogP contribution in [0.4, 0.5) is 10.1 Å². The van der Waals surface area contributed by atoms with Crippen molar-refractivity contribution in [1.82, 2.24) is 0 Å². The molecule has 19 heavy (non-hydrogen) atoms. The Bertz CT molecular complexity index is 628. The monoisotopic (exact) mass is 317 g/mol. The van der Waals surface area contributed by atoms with Crippen LogP contribution in [0.15, 0.2) is 41.3 Å². The van der Waals surface area contributed by atoms with Gasteiger partial charge in [-0.1, -0.05) is 29.3 Å². The van der Waals surface area contributed by atoms with E-state index in [1.165, 1.54) is 18.2 Å². The van der Waals surface area contributed by atoms with Gasteiger partial charge in [0.1, 0.15) is 5.82 Å². The predicted molar refractivity (Wildman–Crippen MR) is 77.4 cm³/mol. The third-order valence-electron chi connectivity index (χ3n) is 2.46. The minimum atomic E-state index is -1.42. The van der Waals surface area contributed by atoms with Gasteiger partial charge in [-0.2, -0.15) is 0 Å². The van der Waals surface area contributed by atoms with E-state index in [0.717, 1.165) is 0 Å². The molecule has 0 amide bonds. The first-order chi connectivity index (χ1) is 8.95. The molecule has 1 atom stereocenters. The predicted octanol–water partition coefficient (Wildman–Crippen LogP) is 4.02. The van der Waals surface area contributed by atoms with E-state index in [1.54, 1.807) is 18.2 Å². The Labute approximate surface area is 122 Å². The third-order valence-corrected chi connectivity index (χ3v) is 4.38. The summed E-state index contributed by atoms with van der Waals surface area (Å²) in [7, 11) is -1.42. The molecule has 0 fully saturated rings. The molecule has 2 nitrogen and oxygen atoms in total. The van der Waals surface area contributed by atoms with Gasteiger partial charge in [0.25, 0.3) is 0 Å². The number of hydrogen-bond donors (Lipinski definition) is 1. The third kappa shape index (κ3) is 3.69. The first-order valence-electron chi connectivity index (χ1n) is 5.34. The Morgan fingerprint density at radius 2 is 1.89 bits per heavy atom. The van der Waals surface area contributed by atoms with Crippen molar-refractivity contribution in [3.05, 3.63) is 57.8 Å². The summed E-state index contributed by atoms with van der Waals surface area (Å²) in [5.74, 6) is -0.329. The highest BCUT2D eigenvalue weighted by atomic mass is 35.5. The second-order valence-electron chi connectivity index (χ2n) is 3.95. The summed E-state index contributed by atoms with van der Waals surface area (Å²) in [6, 6.07) is 8.82. The second-order valence-corrected chi connectivity index (χ2v) is 6.24. The fraction of sp³-hybridized carbons (Fsp3) is 0.0769. The Balaban J connectivity index is 2.25. The van der Waals surface area contributed by atoms with Gasteiger partial charge >= 0.3 is 0 Å². The minimum absolute atomic E-state index is 0.179. The van der Waals surface area contributed by atoms with Crippen molar-refractivity contribution < 1.29 is 8.60 Å². The lowest BCUT2D eigenvalue weighted by atomic mass is 10.2. The number of rotatable bonds is 3. The molecule has 0 bridgehead atoms. The smallest absolute Gasteiger partial charge is 0.126 e. The maximum atomic E-state index is 13.2. The zero-order chi connectivity index (χ0) is 14.0. The van der Waals surface area contributed by atoms with Crippen LogP contribution < -0.4 is 5.73 Å². The molecule has 0 saturated heterocycles. The summed E-state index contributed by atoms with van der Waals surface area (Å²) in [4.78, 5) is 0.337. The topological polar surface area (TPSA) is 43.1 Å². The number of hydrogen-bond acceptors (Lipinski definition) is 2. The highest BCUT2D eigenvalue weighted by Crippen LogP contribution is 2.24. The van der Waals surface area contributed by atoms with Crippen molar-refractivity contribution >= 4 is 39.7 Å². The summed E-state index contributed by atoms with van der Waals surface area (Å²) >= 11 is 11.8. The van der Waals surface area contributed by atoms with Crippen molar-refractivity contribution in [3.8, 4) is 0 Å². The Morgan fingerprint density at radius 1 is 1.16 bits per heavy atom. The van der Waals surface area contributed by atoms with Crippen molar-refractivity contribution in [3.63, 3.8) is 0 Å². The zero-order valence-electron chi connectivity index (χ0n) is 9.70. The molecule has 6 heteroatoms. The fourth-order valence-electron chi connectivity index (χ4n) is 1.58. The Hall–Kier alpha value is -1.10. The van der Waals surface area contributed by atoms with E-state index in [-0.39, 0.29) is 11.4 Å². The second kappa shape index (κ2) is 5.90. The molecular formula is C13H10Cl2FNOS. The van der Waals surface area contributed by atoms with Gasteiger partial charge in [0.05, 0.1) is 16.6 Å². The number of anilines is 1. The largest absolute Gasteiger partial charge is 0.399 e. The molecule has 100 valence electrons. The highest BCUT2D eigenvalue weighted by molar-refractivity contribution is 7.84. The molecule has 0 aliphatic rings. The quantitative estimate of drug-likeness (QED) is 0.869. The van der Waals surface area contributed by atoms with Gasteiger partial charge in [0.2, 0.25) is 0 Å². The summed E-state index contributed by atoms with van der Waals surface area (Å²) < 4.78 is 25.4. The van der Waals surface area contributed by atoms with E-state index in [1.807, 2.05) is 0 Å². The maximum Gasteiger partial charge on any atom is 0.126 e. The minimum Gasteiger partial charge on any atom is -0.399 e. The first-order valence-corrected chi connectivity index (χ1v) is 7.41. The molecule has 0 saturated carbocycles. The van der Waals surface area contributed by atoms with Crippen molar-refractivity contribution in [2.75, 3.05) is 5.73 Å². The van der Waals surface area contributed by atoms with E-state index in [9.17, 15) is 8.60 Å². The Morgan fingerprint density at radius 3 is 2.53 bits per heavy atom. The van der Waals surface area contributed by atoms with Crippen LogP contribution in [0.2, 0.25) is 10.0 Å². The van der Waals surface area contributed by atoms with Crippen LogP contribution in [0.25, 0.3) is 0 Å². The van der Waals surface area contributed by atoms with Crippen molar-refractivity contribution in [2.45, 2.75) is 10.6 Å². The first kappa shape index (κ1) is 14.3. The van der Waals surface area contributed by atoms with Crippen LogP contribution in [-0.4, -0.2) is 4.21 Å². The molecule has 0 aliphatic heterocycles. The van der Waals surface area contributed by atoms with Gasteiger partial charge in [-0.05, 0) is 35.9 Å². The van der Waals surface area contributed by atoms with Crippen LogP contribution >= 0.6 is 23.2 Å².